The zero-order chi connectivity index (χ0) is 25.6. The molecule has 36 heavy (non-hydrogen) atoms. The summed E-state index contributed by atoms with van der Waals surface area (Å²) in [4.78, 5) is 21.9. The highest BCUT2D eigenvalue weighted by Crippen LogP contribution is 2.39. The number of aromatic amines is 1. The number of sulfone groups is 1. The van der Waals surface area contributed by atoms with Crippen LogP contribution in [0.1, 0.15) is 49.7 Å². The van der Waals surface area contributed by atoms with Gasteiger partial charge in [0.25, 0.3) is 0 Å². The number of methoxy groups -OCH3 is 1. The Balaban J connectivity index is 1.47. The van der Waals surface area contributed by atoms with Crippen molar-refractivity contribution in [3.63, 3.8) is 0 Å². The number of likely N-dealkylation sites (tertiary alicyclic amines) is 1. The third-order valence-corrected chi connectivity index (χ3v) is 7.77. The minimum absolute atomic E-state index is 0.275. The molecule has 0 radical (unpaired) electrons. The fourth-order valence-electron chi connectivity index (χ4n) is 5.27. The second kappa shape index (κ2) is 9.24. The lowest BCUT2D eigenvalue weighted by atomic mass is 9.87. The number of H-pyrrole nitrogens is 1. The summed E-state index contributed by atoms with van der Waals surface area (Å²) in [7, 11) is -1.69. The SMILES string of the molecule is COc1cc(-c2[nH]c3ccc(C4CCN(C(=O)CS(C)(=O)=O)CC4)cc3c2C(C)C)cn2ncnc12. The monoisotopic (exact) mass is 509 g/mol. The molecule has 0 spiro atoms. The van der Waals surface area contributed by atoms with Crippen molar-refractivity contribution < 1.29 is 17.9 Å². The summed E-state index contributed by atoms with van der Waals surface area (Å²) in [6, 6.07) is 8.55. The van der Waals surface area contributed by atoms with Crippen LogP contribution in [0.2, 0.25) is 0 Å². The maximum atomic E-state index is 12.3. The number of fused-ring (bicyclic) bond motifs is 2. The standard InChI is InChI=1S/C26H31N5O4S/c1-16(2)24-20-11-18(17-7-9-30(10-8-17)23(32)14-36(4,33)34)5-6-21(20)29-25(24)19-12-22(35-3)26-27-15-28-31(26)13-19/h5-6,11-13,15-17,29H,7-10,14H2,1-4H3. The Morgan fingerprint density at radius 1 is 1.22 bits per heavy atom. The Morgan fingerprint density at radius 3 is 2.64 bits per heavy atom. The van der Waals surface area contributed by atoms with E-state index in [1.54, 1.807) is 16.5 Å². The number of piperidine rings is 1. The van der Waals surface area contributed by atoms with E-state index in [4.69, 9.17) is 4.74 Å². The average molecular weight is 510 g/mol. The van der Waals surface area contributed by atoms with E-state index >= 15 is 0 Å². The molecule has 190 valence electrons. The molecule has 5 rings (SSSR count). The summed E-state index contributed by atoms with van der Waals surface area (Å²) in [5.74, 6) is 0.539. The van der Waals surface area contributed by atoms with Crippen molar-refractivity contribution in [3.8, 4) is 17.0 Å². The molecule has 1 aliphatic rings. The smallest absolute Gasteiger partial charge is 0.237 e. The molecular weight excluding hydrogens is 478 g/mol. The molecule has 0 aliphatic carbocycles. The molecule has 1 amide bonds. The van der Waals surface area contributed by atoms with Crippen molar-refractivity contribution in [2.24, 2.45) is 0 Å². The first kappa shape index (κ1) is 24.3. The number of carbonyl (C=O) groups excluding carboxylic acids is 1. The van der Waals surface area contributed by atoms with Crippen molar-refractivity contribution >= 4 is 32.3 Å². The molecule has 10 heteroatoms. The van der Waals surface area contributed by atoms with Crippen LogP contribution >= 0.6 is 0 Å². The lowest BCUT2D eigenvalue weighted by Gasteiger charge is -2.32. The number of amides is 1. The molecule has 4 aromatic rings. The first-order valence-electron chi connectivity index (χ1n) is 12.1. The summed E-state index contributed by atoms with van der Waals surface area (Å²) >= 11 is 0. The third-order valence-electron chi connectivity index (χ3n) is 6.99. The zero-order valence-corrected chi connectivity index (χ0v) is 21.8. The van der Waals surface area contributed by atoms with Crippen LogP contribution < -0.4 is 4.74 Å². The van der Waals surface area contributed by atoms with Crippen LogP contribution in [0, 0.1) is 0 Å². The Morgan fingerprint density at radius 2 is 1.97 bits per heavy atom. The minimum atomic E-state index is -3.32. The first-order valence-corrected chi connectivity index (χ1v) is 14.2. The van der Waals surface area contributed by atoms with Gasteiger partial charge < -0.3 is 14.6 Å². The van der Waals surface area contributed by atoms with Gasteiger partial charge in [0.1, 0.15) is 12.1 Å². The van der Waals surface area contributed by atoms with Crippen LogP contribution in [0.25, 0.3) is 27.8 Å². The quantitative estimate of drug-likeness (QED) is 0.424. The van der Waals surface area contributed by atoms with E-state index < -0.39 is 15.6 Å². The van der Waals surface area contributed by atoms with Crippen LogP contribution in [0.4, 0.5) is 0 Å². The van der Waals surface area contributed by atoms with E-state index in [-0.39, 0.29) is 11.8 Å². The fourth-order valence-corrected chi connectivity index (χ4v) is 5.90. The maximum absolute atomic E-state index is 12.3. The van der Waals surface area contributed by atoms with E-state index in [2.05, 4.69) is 47.1 Å². The highest BCUT2D eigenvalue weighted by Gasteiger charge is 2.26. The normalized spacial score (nSPS) is 15.3. The van der Waals surface area contributed by atoms with Crippen LogP contribution in [-0.4, -0.2) is 71.0 Å². The molecule has 1 aliphatic heterocycles. The predicted molar refractivity (Wildman–Crippen MR) is 139 cm³/mol. The van der Waals surface area contributed by atoms with Crippen LogP contribution in [0.15, 0.2) is 36.8 Å². The van der Waals surface area contributed by atoms with E-state index in [9.17, 15) is 13.2 Å². The second-order valence-corrected chi connectivity index (χ2v) is 12.1. The number of carbonyl (C=O) groups is 1. The molecule has 0 unspecified atom stereocenters. The molecule has 1 N–H and O–H groups in total. The first-order chi connectivity index (χ1) is 17.1. The predicted octanol–water partition coefficient (Wildman–Crippen LogP) is 3.76. The fraction of sp³-hybridized carbons (Fsp3) is 0.423. The Labute approximate surface area is 210 Å². The second-order valence-electron chi connectivity index (χ2n) is 9.92. The molecule has 9 nitrogen and oxygen atoms in total. The van der Waals surface area contributed by atoms with E-state index in [0.717, 1.165) is 35.9 Å². The lowest BCUT2D eigenvalue weighted by Crippen LogP contribution is -2.40. The summed E-state index contributed by atoms with van der Waals surface area (Å²) in [6.07, 6.45) is 6.21. The third kappa shape index (κ3) is 4.57. The molecule has 1 saturated heterocycles. The van der Waals surface area contributed by atoms with Gasteiger partial charge in [0.05, 0.1) is 12.8 Å². The number of hydrogen-bond donors (Lipinski definition) is 1. The maximum Gasteiger partial charge on any atom is 0.237 e. The van der Waals surface area contributed by atoms with E-state index in [1.807, 2.05) is 12.3 Å². The Hall–Kier alpha value is -3.40. The van der Waals surface area contributed by atoms with Gasteiger partial charge in [0, 0.05) is 42.0 Å². The number of hydrogen-bond acceptors (Lipinski definition) is 6. The lowest BCUT2D eigenvalue weighted by molar-refractivity contribution is -0.129. The molecule has 4 heterocycles. The largest absolute Gasteiger partial charge is 0.493 e. The van der Waals surface area contributed by atoms with E-state index in [0.29, 0.717) is 30.4 Å². The number of benzene rings is 1. The Kier molecular flexibility index (Phi) is 6.23. The van der Waals surface area contributed by atoms with Crippen molar-refractivity contribution in [2.75, 3.05) is 32.2 Å². The Bertz CT molecular complexity index is 1550. The average Bonchev–Trinajstić information content (AvgIpc) is 3.46. The van der Waals surface area contributed by atoms with Crippen LogP contribution in [0.5, 0.6) is 5.75 Å². The van der Waals surface area contributed by atoms with Gasteiger partial charge >= 0.3 is 0 Å². The number of nitrogens with zero attached hydrogens (tertiary/aromatic N) is 4. The van der Waals surface area contributed by atoms with Crippen molar-refractivity contribution in [3.05, 3.63) is 47.9 Å². The van der Waals surface area contributed by atoms with Crippen LogP contribution in [-0.2, 0) is 14.6 Å². The minimum Gasteiger partial charge on any atom is -0.493 e. The number of nitrogens with one attached hydrogen (secondary N) is 1. The highest BCUT2D eigenvalue weighted by molar-refractivity contribution is 7.91. The molecule has 1 fully saturated rings. The van der Waals surface area contributed by atoms with E-state index in [1.165, 1.54) is 22.8 Å². The van der Waals surface area contributed by atoms with Gasteiger partial charge in [0.2, 0.25) is 5.91 Å². The topological polar surface area (TPSA) is 110 Å². The molecule has 0 saturated carbocycles. The highest BCUT2D eigenvalue weighted by atomic mass is 32.2. The van der Waals surface area contributed by atoms with Gasteiger partial charge in [-0.3, -0.25) is 4.79 Å². The summed E-state index contributed by atoms with van der Waals surface area (Å²) < 4.78 is 30.3. The number of ether oxygens (including phenoxy) is 1. The summed E-state index contributed by atoms with van der Waals surface area (Å²) in [5, 5.41) is 5.49. The van der Waals surface area contributed by atoms with Crippen molar-refractivity contribution in [1.82, 2.24) is 24.5 Å². The number of aromatic nitrogens is 4. The van der Waals surface area contributed by atoms with Gasteiger partial charge in [-0.1, -0.05) is 19.9 Å². The summed E-state index contributed by atoms with van der Waals surface area (Å²) in [6.45, 7) is 5.53. The molecule has 0 bridgehead atoms. The molecule has 3 aromatic heterocycles. The van der Waals surface area contributed by atoms with Crippen molar-refractivity contribution in [2.45, 2.75) is 38.5 Å². The van der Waals surface area contributed by atoms with Gasteiger partial charge in [-0.2, -0.15) is 5.10 Å². The molecular formula is C26H31N5O4S. The van der Waals surface area contributed by atoms with Crippen molar-refractivity contribution in [1.29, 1.82) is 0 Å². The molecule has 0 atom stereocenters. The van der Waals surface area contributed by atoms with Crippen LogP contribution in [0.3, 0.4) is 0 Å². The summed E-state index contributed by atoms with van der Waals surface area (Å²) in [5.41, 5.74) is 6.23. The number of pyridine rings is 1. The number of rotatable bonds is 6. The van der Waals surface area contributed by atoms with Gasteiger partial charge in [0.15, 0.2) is 21.2 Å². The van der Waals surface area contributed by atoms with Gasteiger partial charge in [-0.15, -0.1) is 0 Å². The van der Waals surface area contributed by atoms with Gasteiger partial charge in [-0.25, -0.2) is 17.9 Å². The van der Waals surface area contributed by atoms with Gasteiger partial charge in [-0.05, 0) is 54.0 Å². The zero-order valence-electron chi connectivity index (χ0n) is 21.0. The molecule has 1 aromatic carbocycles.